The van der Waals surface area contributed by atoms with E-state index in [1.807, 2.05) is 48.5 Å². The number of hydrogen-bond donors (Lipinski definition) is 1. The molecular formula is C25H25NO4. The van der Waals surface area contributed by atoms with Crippen molar-refractivity contribution in [2.45, 2.75) is 38.8 Å². The number of benzene rings is 2. The molecule has 0 aliphatic carbocycles. The average molecular weight is 403 g/mol. The predicted octanol–water partition coefficient (Wildman–Crippen LogP) is 3.68. The molecule has 1 atom stereocenters. The van der Waals surface area contributed by atoms with Crippen LogP contribution in [-0.2, 0) is 20.7 Å². The summed E-state index contributed by atoms with van der Waals surface area (Å²) in [5.74, 6) is 8.20. The second-order valence-electron chi connectivity index (χ2n) is 7.59. The molecule has 0 fully saturated rings. The Kier molecular flexibility index (Phi) is 7.67. The fourth-order valence-electron chi connectivity index (χ4n) is 2.54. The van der Waals surface area contributed by atoms with Crippen LogP contribution in [0.2, 0.25) is 0 Å². The van der Waals surface area contributed by atoms with Crippen LogP contribution >= 0.6 is 0 Å². The SMILES string of the molecule is C#Cc1ccc(C#Cc2ccc(CC(NC(=O)OC(C)(C)C)C(=O)OC)cc2)cc1. The first-order valence-electron chi connectivity index (χ1n) is 9.45. The summed E-state index contributed by atoms with van der Waals surface area (Å²) in [5.41, 5.74) is 2.70. The van der Waals surface area contributed by atoms with Crippen LogP contribution < -0.4 is 5.32 Å². The number of ether oxygens (including phenoxy) is 2. The summed E-state index contributed by atoms with van der Waals surface area (Å²) in [4.78, 5) is 24.1. The maximum absolute atomic E-state index is 12.1. The standard InChI is InChI=1S/C25H25NO4/c1-6-18-7-9-19(10-8-18)11-12-20-13-15-21(16-14-20)17-22(23(27)29-5)26-24(28)30-25(2,3)4/h1,7-10,13-16,22H,17H2,2-5H3,(H,26,28). The Labute approximate surface area is 177 Å². The van der Waals surface area contributed by atoms with Crippen molar-refractivity contribution in [3.8, 4) is 24.2 Å². The molecule has 0 heterocycles. The van der Waals surface area contributed by atoms with Crippen LogP contribution in [0.1, 0.15) is 43.0 Å². The van der Waals surface area contributed by atoms with Crippen molar-refractivity contribution < 1.29 is 19.1 Å². The highest BCUT2D eigenvalue weighted by Crippen LogP contribution is 2.11. The topological polar surface area (TPSA) is 64.6 Å². The largest absolute Gasteiger partial charge is 0.467 e. The van der Waals surface area contributed by atoms with Crippen LogP contribution in [0, 0.1) is 24.2 Å². The number of esters is 1. The quantitative estimate of drug-likeness (QED) is 0.625. The number of amides is 1. The molecule has 5 heteroatoms. The van der Waals surface area contributed by atoms with Crippen molar-refractivity contribution in [3.05, 3.63) is 70.8 Å². The molecule has 1 N–H and O–H groups in total. The fraction of sp³-hybridized carbons (Fsp3) is 0.280. The molecule has 0 aromatic heterocycles. The number of terminal acetylenes is 1. The number of carbonyl (C=O) groups excluding carboxylic acids is 2. The van der Waals surface area contributed by atoms with Gasteiger partial charge in [0, 0.05) is 23.1 Å². The number of carbonyl (C=O) groups is 2. The van der Waals surface area contributed by atoms with Crippen LogP contribution in [0.4, 0.5) is 4.79 Å². The van der Waals surface area contributed by atoms with Gasteiger partial charge in [-0.05, 0) is 62.7 Å². The zero-order valence-electron chi connectivity index (χ0n) is 17.6. The summed E-state index contributed by atoms with van der Waals surface area (Å²) in [7, 11) is 1.28. The van der Waals surface area contributed by atoms with E-state index >= 15 is 0 Å². The van der Waals surface area contributed by atoms with Crippen LogP contribution in [-0.4, -0.2) is 30.8 Å². The van der Waals surface area contributed by atoms with E-state index in [4.69, 9.17) is 15.9 Å². The van der Waals surface area contributed by atoms with Crippen LogP contribution in [0.3, 0.4) is 0 Å². The van der Waals surface area contributed by atoms with Gasteiger partial charge in [-0.15, -0.1) is 6.42 Å². The number of hydrogen-bond acceptors (Lipinski definition) is 4. The van der Waals surface area contributed by atoms with Gasteiger partial charge in [0.15, 0.2) is 0 Å². The molecule has 0 bridgehead atoms. The average Bonchev–Trinajstić information content (AvgIpc) is 2.71. The lowest BCUT2D eigenvalue weighted by Crippen LogP contribution is -2.45. The monoisotopic (exact) mass is 403 g/mol. The third-order valence-corrected chi connectivity index (χ3v) is 3.97. The summed E-state index contributed by atoms with van der Waals surface area (Å²) in [6, 6.07) is 14.0. The van der Waals surface area contributed by atoms with Crippen molar-refractivity contribution in [2.24, 2.45) is 0 Å². The zero-order valence-corrected chi connectivity index (χ0v) is 17.6. The minimum absolute atomic E-state index is 0.271. The predicted molar refractivity (Wildman–Crippen MR) is 116 cm³/mol. The van der Waals surface area contributed by atoms with Crippen molar-refractivity contribution in [1.82, 2.24) is 5.32 Å². The molecule has 0 spiro atoms. The van der Waals surface area contributed by atoms with Crippen LogP contribution in [0.25, 0.3) is 0 Å². The van der Waals surface area contributed by atoms with Gasteiger partial charge in [-0.2, -0.15) is 0 Å². The zero-order chi connectivity index (χ0) is 22.1. The van der Waals surface area contributed by atoms with Gasteiger partial charge in [-0.1, -0.05) is 29.9 Å². The molecular weight excluding hydrogens is 378 g/mol. The summed E-state index contributed by atoms with van der Waals surface area (Å²) in [5, 5.41) is 2.57. The Morgan fingerprint density at radius 3 is 1.93 bits per heavy atom. The molecule has 0 saturated carbocycles. The van der Waals surface area contributed by atoms with Gasteiger partial charge in [0.05, 0.1) is 7.11 Å². The van der Waals surface area contributed by atoms with E-state index in [1.165, 1.54) is 7.11 Å². The molecule has 1 amide bonds. The first-order valence-corrected chi connectivity index (χ1v) is 9.45. The molecule has 5 nitrogen and oxygen atoms in total. The van der Waals surface area contributed by atoms with E-state index in [2.05, 4.69) is 23.1 Å². The number of alkyl carbamates (subject to hydrolysis) is 1. The molecule has 1 unspecified atom stereocenters. The highest BCUT2D eigenvalue weighted by Gasteiger charge is 2.25. The van der Waals surface area contributed by atoms with Crippen molar-refractivity contribution in [2.75, 3.05) is 7.11 Å². The molecule has 2 aromatic rings. The highest BCUT2D eigenvalue weighted by atomic mass is 16.6. The van der Waals surface area contributed by atoms with Gasteiger partial charge in [0.1, 0.15) is 11.6 Å². The second kappa shape index (κ2) is 10.2. The Bertz CT molecular complexity index is 981. The van der Waals surface area contributed by atoms with Gasteiger partial charge in [-0.3, -0.25) is 0 Å². The molecule has 2 rings (SSSR count). The van der Waals surface area contributed by atoms with E-state index < -0.39 is 23.7 Å². The summed E-state index contributed by atoms with van der Waals surface area (Å²) >= 11 is 0. The molecule has 0 aliphatic rings. The maximum atomic E-state index is 12.1. The lowest BCUT2D eigenvalue weighted by Gasteiger charge is -2.22. The first-order chi connectivity index (χ1) is 14.2. The van der Waals surface area contributed by atoms with Crippen molar-refractivity contribution in [3.63, 3.8) is 0 Å². The van der Waals surface area contributed by atoms with Gasteiger partial charge in [0.2, 0.25) is 0 Å². The van der Waals surface area contributed by atoms with Gasteiger partial charge in [-0.25, -0.2) is 9.59 Å². The lowest BCUT2D eigenvalue weighted by atomic mass is 10.0. The van der Waals surface area contributed by atoms with Crippen LogP contribution in [0.5, 0.6) is 0 Å². The van der Waals surface area contributed by atoms with Gasteiger partial charge in [0.25, 0.3) is 0 Å². The number of nitrogens with one attached hydrogen (secondary N) is 1. The Hall–Kier alpha value is -3.70. The molecule has 0 aliphatic heterocycles. The Morgan fingerprint density at radius 2 is 1.47 bits per heavy atom. The molecule has 0 radical (unpaired) electrons. The molecule has 154 valence electrons. The second-order valence-corrected chi connectivity index (χ2v) is 7.59. The number of methoxy groups -OCH3 is 1. The highest BCUT2D eigenvalue weighted by molar-refractivity contribution is 5.81. The smallest absolute Gasteiger partial charge is 0.408 e. The van der Waals surface area contributed by atoms with Crippen molar-refractivity contribution >= 4 is 12.1 Å². The van der Waals surface area contributed by atoms with Gasteiger partial charge >= 0.3 is 12.1 Å². The normalized spacial score (nSPS) is 11.3. The third-order valence-electron chi connectivity index (χ3n) is 3.97. The first kappa shape index (κ1) is 22.6. The van der Waals surface area contributed by atoms with Crippen molar-refractivity contribution in [1.29, 1.82) is 0 Å². The van der Waals surface area contributed by atoms with E-state index in [0.29, 0.717) is 0 Å². The lowest BCUT2D eigenvalue weighted by molar-refractivity contribution is -0.143. The summed E-state index contributed by atoms with van der Waals surface area (Å²) in [6.07, 6.45) is 4.95. The van der Waals surface area contributed by atoms with E-state index in [0.717, 1.165) is 22.3 Å². The van der Waals surface area contributed by atoms with E-state index in [9.17, 15) is 9.59 Å². The summed E-state index contributed by atoms with van der Waals surface area (Å²) in [6.45, 7) is 5.26. The molecule has 0 saturated heterocycles. The maximum Gasteiger partial charge on any atom is 0.408 e. The fourth-order valence-corrected chi connectivity index (χ4v) is 2.54. The minimum Gasteiger partial charge on any atom is -0.467 e. The van der Waals surface area contributed by atoms with Crippen LogP contribution in [0.15, 0.2) is 48.5 Å². The Balaban J connectivity index is 2.06. The molecule has 2 aromatic carbocycles. The van der Waals surface area contributed by atoms with E-state index in [1.54, 1.807) is 20.8 Å². The van der Waals surface area contributed by atoms with Gasteiger partial charge < -0.3 is 14.8 Å². The number of rotatable bonds is 4. The Morgan fingerprint density at radius 1 is 0.967 bits per heavy atom. The summed E-state index contributed by atoms with van der Waals surface area (Å²) < 4.78 is 10.0. The van der Waals surface area contributed by atoms with E-state index in [-0.39, 0.29) is 6.42 Å². The minimum atomic E-state index is -0.851. The molecule has 30 heavy (non-hydrogen) atoms. The third kappa shape index (κ3) is 7.37.